The number of carbonyl (C=O) groups is 1. The van der Waals surface area contributed by atoms with Crippen molar-refractivity contribution in [1.82, 2.24) is 29.5 Å². The Labute approximate surface area is 197 Å². The quantitative estimate of drug-likeness (QED) is 0.411. The Bertz CT molecular complexity index is 1680. The molecule has 1 amide bonds. The smallest absolute Gasteiger partial charge is 0.263 e. The lowest BCUT2D eigenvalue weighted by molar-refractivity contribution is 0.102. The van der Waals surface area contributed by atoms with Gasteiger partial charge in [-0.2, -0.15) is 19.9 Å². The van der Waals surface area contributed by atoms with Crippen molar-refractivity contribution in [3.63, 3.8) is 0 Å². The summed E-state index contributed by atoms with van der Waals surface area (Å²) < 4.78 is 29.6. The van der Waals surface area contributed by atoms with Gasteiger partial charge in [0, 0.05) is 11.6 Å². The first-order chi connectivity index (χ1) is 16.7. The number of aryl methyl sites for hydroxylation is 3. The zero-order valence-corrected chi connectivity index (χ0v) is 18.9. The number of rotatable bonds is 4. The van der Waals surface area contributed by atoms with Crippen LogP contribution in [0.2, 0.25) is 0 Å². The fourth-order valence-corrected chi connectivity index (χ4v) is 3.63. The molecule has 0 spiro atoms. The molecule has 3 aromatic heterocycles. The van der Waals surface area contributed by atoms with Crippen LogP contribution >= 0.6 is 0 Å². The molecule has 0 aliphatic rings. The molecule has 2 N–H and O–H groups in total. The van der Waals surface area contributed by atoms with Crippen LogP contribution in [0.25, 0.3) is 22.7 Å². The molecule has 0 atom stereocenters. The predicted octanol–water partition coefficient (Wildman–Crippen LogP) is 3.75. The lowest BCUT2D eigenvalue weighted by Gasteiger charge is -2.10. The van der Waals surface area contributed by atoms with E-state index in [0.29, 0.717) is 11.3 Å². The van der Waals surface area contributed by atoms with Crippen molar-refractivity contribution < 1.29 is 13.6 Å². The van der Waals surface area contributed by atoms with E-state index in [-0.39, 0.29) is 22.7 Å². The summed E-state index contributed by atoms with van der Waals surface area (Å²) in [5, 5.41) is 11.5. The SMILES string of the molecule is Cc1cc(NC(=O)c2ccc(F)c(F)c2)n(-c2nc3c(cnn3-c3ccc(C)c(C)c3)c(=O)[nH]2)n1. The highest BCUT2D eigenvalue weighted by atomic mass is 19.2. The van der Waals surface area contributed by atoms with Gasteiger partial charge in [-0.15, -0.1) is 0 Å². The number of H-pyrrole nitrogens is 1. The summed E-state index contributed by atoms with van der Waals surface area (Å²) in [6, 6.07) is 10.2. The Morgan fingerprint density at radius 1 is 0.971 bits per heavy atom. The van der Waals surface area contributed by atoms with E-state index in [1.807, 2.05) is 32.0 Å². The van der Waals surface area contributed by atoms with Gasteiger partial charge in [-0.1, -0.05) is 6.07 Å². The van der Waals surface area contributed by atoms with Gasteiger partial charge in [-0.3, -0.25) is 14.6 Å². The highest BCUT2D eigenvalue weighted by molar-refractivity contribution is 6.04. The number of aromatic nitrogens is 6. The molecule has 0 saturated carbocycles. The number of amides is 1. The van der Waals surface area contributed by atoms with Crippen molar-refractivity contribution >= 4 is 22.8 Å². The van der Waals surface area contributed by atoms with Crippen LogP contribution in [0.5, 0.6) is 0 Å². The minimum absolute atomic E-state index is 0.0433. The third kappa shape index (κ3) is 3.97. The van der Waals surface area contributed by atoms with E-state index < -0.39 is 23.1 Å². The molecule has 0 aliphatic heterocycles. The van der Waals surface area contributed by atoms with Crippen LogP contribution in [-0.2, 0) is 0 Å². The number of fused-ring (bicyclic) bond motifs is 1. The number of nitrogens with one attached hydrogen (secondary N) is 2. The van der Waals surface area contributed by atoms with Crippen molar-refractivity contribution in [2.24, 2.45) is 0 Å². The van der Waals surface area contributed by atoms with E-state index in [2.05, 4.69) is 25.5 Å². The molecule has 3 heterocycles. The first-order valence-electron chi connectivity index (χ1n) is 10.6. The summed E-state index contributed by atoms with van der Waals surface area (Å²) in [6.07, 6.45) is 1.43. The molecule has 0 saturated heterocycles. The second-order valence-electron chi connectivity index (χ2n) is 8.12. The molecule has 176 valence electrons. The first kappa shape index (κ1) is 22.1. The normalized spacial score (nSPS) is 11.2. The van der Waals surface area contributed by atoms with Gasteiger partial charge >= 0.3 is 0 Å². The summed E-state index contributed by atoms with van der Waals surface area (Å²) in [6.45, 7) is 5.67. The molecule has 35 heavy (non-hydrogen) atoms. The van der Waals surface area contributed by atoms with E-state index in [4.69, 9.17) is 0 Å². The van der Waals surface area contributed by atoms with E-state index >= 15 is 0 Å². The molecule has 0 fully saturated rings. The van der Waals surface area contributed by atoms with E-state index in [0.717, 1.165) is 35.0 Å². The van der Waals surface area contributed by atoms with Gasteiger partial charge in [0.05, 0.1) is 17.6 Å². The average Bonchev–Trinajstić information content (AvgIpc) is 3.41. The lowest BCUT2D eigenvalue weighted by atomic mass is 10.1. The van der Waals surface area contributed by atoms with E-state index in [1.165, 1.54) is 10.9 Å². The van der Waals surface area contributed by atoms with Crippen molar-refractivity contribution in [2.45, 2.75) is 20.8 Å². The van der Waals surface area contributed by atoms with Crippen LogP contribution < -0.4 is 10.9 Å². The van der Waals surface area contributed by atoms with Crippen LogP contribution in [-0.4, -0.2) is 35.4 Å². The van der Waals surface area contributed by atoms with Crippen molar-refractivity contribution in [2.75, 3.05) is 5.32 Å². The summed E-state index contributed by atoms with van der Waals surface area (Å²) in [4.78, 5) is 32.7. The number of hydrogen-bond donors (Lipinski definition) is 2. The number of halogens is 2. The minimum atomic E-state index is -1.14. The molecule has 5 rings (SSSR count). The maximum absolute atomic E-state index is 13.6. The Morgan fingerprint density at radius 2 is 1.77 bits per heavy atom. The fourth-order valence-electron chi connectivity index (χ4n) is 3.63. The number of nitrogens with zero attached hydrogens (tertiary/aromatic N) is 5. The van der Waals surface area contributed by atoms with Crippen LogP contribution in [0.1, 0.15) is 27.2 Å². The molecular formula is C24H19F2N7O2. The number of hydrogen-bond acceptors (Lipinski definition) is 5. The second-order valence-corrected chi connectivity index (χ2v) is 8.12. The molecule has 11 heteroatoms. The molecule has 9 nitrogen and oxygen atoms in total. The van der Waals surface area contributed by atoms with Gasteiger partial charge in [0.25, 0.3) is 11.5 Å². The topological polar surface area (TPSA) is 110 Å². The fraction of sp³-hybridized carbons (Fsp3) is 0.125. The molecular weight excluding hydrogens is 456 g/mol. The second kappa shape index (κ2) is 8.28. The van der Waals surface area contributed by atoms with Crippen molar-refractivity contribution in [3.05, 3.63) is 93.0 Å². The summed E-state index contributed by atoms with van der Waals surface area (Å²) in [5.74, 6) is -2.66. The largest absolute Gasteiger partial charge is 0.306 e. The zero-order chi connectivity index (χ0) is 24.9. The van der Waals surface area contributed by atoms with Crippen LogP contribution in [0.3, 0.4) is 0 Å². The molecule has 2 aromatic carbocycles. The molecule has 5 aromatic rings. The van der Waals surface area contributed by atoms with Gasteiger partial charge in [0.1, 0.15) is 11.2 Å². The van der Waals surface area contributed by atoms with Crippen LogP contribution in [0.4, 0.5) is 14.6 Å². The molecule has 0 bridgehead atoms. The third-order valence-corrected chi connectivity index (χ3v) is 5.62. The lowest BCUT2D eigenvalue weighted by Crippen LogP contribution is -2.19. The Kier molecular flexibility index (Phi) is 5.24. The van der Waals surface area contributed by atoms with Crippen LogP contribution in [0, 0.1) is 32.4 Å². The van der Waals surface area contributed by atoms with Gasteiger partial charge in [-0.25, -0.2) is 13.5 Å². The molecule has 0 aliphatic carbocycles. The average molecular weight is 475 g/mol. The predicted molar refractivity (Wildman–Crippen MR) is 125 cm³/mol. The van der Waals surface area contributed by atoms with Crippen molar-refractivity contribution in [3.8, 4) is 11.6 Å². The summed E-state index contributed by atoms with van der Waals surface area (Å²) in [5.41, 5.74) is 3.21. The van der Waals surface area contributed by atoms with Crippen LogP contribution in [0.15, 0.2) is 53.5 Å². The number of benzene rings is 2. The summed E-state index contributed by atoms with van der Waals surface area (Å²) in [7, 11) is 0. The Hall–Kier alpha value is -4.67. The number of aromatic amines is 1. The third-order valence-electron chi connectivity index (χ3n) is 5.62. The van der Waals surface area contributed by atoms with E-state index in [1.54, 1.807) is 17.7 Å². The Balaban J connectivity index is 1.58. The zero-order valence-electron chi connectivity index (χ0n) is 18.9. The van der Waals surface area contributed by atoms with Gasteiger partial charge in [0.15, 0.2) is 17.3 Å². The van der Waals surface area contributed by atoms with Gasteiger partial charge in [-0.05, 0) is 62.2 Å². The summed E-state index contributed by atoms with van der Waals surface area (Å²) >= 11 is 0. The van der Waals surface area contributed by atoms with Gasteiger partial charge < -0.3 is 5.32 Å². The van der Waals surface area contributed by atoms with Crippen molar-refractivity contribution in [1.29, 1.82) is 0 Å². The highest BCUT2D eigenvalue weighted by Crippen LogP contribution is 2.20. The molecule has 0 radical (unpaired) electrons. The number of carbonyl (C=O) groups excluding carboxylic acids is 1. The first-order valence-corrected chi connectivity index (χ1v) is 10.6. The van der Waals surface area contributed by atoms with E-state index in [9.17, 15) is 18.4 Å². The molecule has 0 unspecified atom stereocenters. The maximum atomic E-state index is 13.6. The number of anilines is 1. The van der Waals surface area contributed by atoms with Gasteiger partial charge in [0.2, 0.25) is 5.95 Å². The maximum Gasteiger partial charge on any atom is 0.263 e. The highest BCUT2D eigenvalue weighted by Gasteiger charge is 2.18. The Morgan fingerprint density at radius 3 is 2.51 bits per heavy atom. The monoisotopic (exact) mass is 475 g/mol. The minimum Gasteiger partial charge on any atom is -0.306 e. The standard InChI is InChI=1S/C24H19F2N7O2/c1-12-4-6-16(8-13(12)2)32-21-17(11-27-32)23(35)30-24(29-21)33-20(9-14(3)31-33)28-22(34)15-5-7-18(25)19(26)10-15/h4-11H,1-3H3,(H,28,34)(H,29,30,35).